The van der Waals surface area contributed by atoms with Crippen molar-refractivity contribution in [3.8, 4) is 0 Å². The first kappa shape index (κ1) is 14.3. The molecule has 5 nitrogen and oxygen atoms in total. The predicted molar refractivity (Wildman–Crippen MR) is 71.8 cm³/mol. The van der Waals surface area contributed by atoms with Crippen molar-refractivity contribution in [3.63, 3.8) is 0 Å². The van der Waals surface area contributed by atoms with Crippen molar-refractivity contribution in [2.45, 2.75) is 45.1 Å². The SMILES string of the molecule is C[C@H]1CCCC[C@H]1N1CCN(C(=O)CC(=O)O)CC1. The molecule has 0 unspecified atom stereocenters. The molecule has 1 amide bonds. The number of nitrogens with zero attached hydrogens (tertiary/aromatic N) is 2. The van der Waals surface area contributed by atoms with Gasteiger partial charge in [-0.2, -0.15) is 0 Å². The van der Waals surface area contributed by atoms with Crippen LogP contribution in [-0.4, -0.2) is 59.0 Å². The Kier molecular flexibility index (Phi) is 4.80. The van der Waals surface area contributed by atoms with Crippen LogP contribution < -0.4 is 0 Å². The molecule has 0 spiro atoms. The molecule has 0 aromatic carbocycles. The maximum absolute atomic E-state index is 11.7. The van der Waals surface area contributed by atoms with Gasteiger partial charge < -0.3 is 10.0 Å². The molecule has 0 aromatic rings. The lowest BCUT2D eigenvalue weighted by Crippen LogP contribution is -2.54. The van der Waals surface area contributed by atoms with Crippen molar-refractivity contribution in [1.82, 2.24) is 9.80 Å². The van der Waals surface area contributed by atoms with Gasteiger partial charge in [-0.25, -0.2) is 0 Å². The van der Waals surface area contributed by atoms with Crippen LogP contribution in [0.15, 0.2) is 0 Å². The summed E-state index contributed by atoms with van der Waals surface area (Å²) in [5.74, 6) is -0.535. The number of piperazine rings is 1. The van der Waals surface area contributed by atoms with Crippen molar-refractivity contribution >= 4 is 11.9 Å². The number of carbonyl (C=O) groups excluding carboxylic acids is 1. The van der Waals surface area contributed by atoms with E-state index in [1.807, 2.05) is 0 Å². The van der Waals surface area contributed by atoms with Crippen LogP contribution in [0, 0.1) is 5.92 Å². The van der Waals surface area contributed by atoms with Gasteiger partial charge in [-0.05, 0) is 18.8 Å². The first-order valence-electron chi connectivity index (χ1n) is 7.31. The Labute approximate surface area is 114 Å². The number of carbonyl (C=O) groups is 2. The zero-order chi connectivity index (χ0) is 13.8. The van der Waals surface area contributed by atoms with E-state index in [2.05, 4.69) is 11.8 Å². The molecule has 1 N–H and O–H groups in total. The van der Waals surface area contributed by atoms with Gasteiger partial charge in [-0.1, -0.05) is 19.8 Å². The number of hydrogen-bond donors (Lipinski definition) is 1. The third kappa shape index (κ3) is 3.69. The van der Waals surface area contributed by atoms with E-state index in [1.54, 1.807) is 4.90 Å². The summed E-state index contributed by atoms with van der Waals surface area (Å²) in [6, 6.07) is 0.658. The molecular weight excluding hydrogens is 244 g/mol. The average Bonchev–Trinajstić information content (AvgIpc) is 2.39. The molecule has 108 valence electrons. The summed E-state index contributed by atoms with van der Waals surface area (Å²) in [6.45, 7) is 5.46. The Hall–Kier alpha value is -1.10. The van der Waals surface area contributed by atoms with Gasteiger partial charge in [-0.3, -0.25) is 14.5 Å². The maximum Gasteiger partial charge on any atom is 0.312 e. The Morgan fingerprint density at radius 1 is 1.11 bits per heavy atom. The van der Waals surface area contributed by atoms with Crippen LogP contribution in [0.5, 0.6) is 0 Å². The molecule has 1 aliphatic heterocycles. The van der Waals surface area contributed by atoms with Gasteiger partial charge in [-0.15, -0.1) is 0 Å². The summed E-state index contributed by atoms with van der Waals surface area (Å²) in [4.78, 5) is 26.4. The monoisotopic (exact) mass is 268 g/mol. The summed E-state index contributed by atoms with van der Waals surface area (Å²) < 4.78 is 0. The lowest BCUT2D eigenvalue weighted by molar-refractivity contribution is -0.145. The third-order valence-electron chi connectivity index (χ3n) is 4.50. The molecule has 1 aliphatic carbocycles. The molecule has 1 heterocycles. The van der Waals surface area contributed by atoms with E-state index < -0.39 is 5.97 Å². The van der Waals surface area contributed by atoms with Crippen LogP contribution in [0.2, 0.25) is 0 Å². The highest BCUT2D eigenvalue weighted by Gasteiger charge is 2.30. The van der Waals surface area contributed by atoms with E-state index in [9.17, 15) is 9.59 Å². The number of carboxylic acid groups (broad SMARTS) is 1. The zero-order valence-corrected chi connectivity index (χ0v) is 11.7. The highest BCUT2D eigenvalue weighted by Crippen LogP contribution is 2.28. The van der Waals surface area contributed by atoms with Gasteiger partial charge in [0.1, 0.15) is 6.42 Å². The number of amides is 1. The molecule has 2 aliphatic rings. The summed E-state index contributed by atoms with van der Waals surface area (Å²) in [7, 11) is 0. The molecule has 19 heavy (non-hydrogen) atoms. The minimum atomic E-state index is -1.03. The van der Waals surface area contributed by atoms with E-state index in [1.165, 1.54) is 25.7 Å². The molecule has 2 atom stereocenters. The fourth-order valence-electron chi connectivity index (χ4n) is 3.38. The van der Waals surface area contributed by atoms with Crippen LogP contribution in [0.1, 0.15) is 39.0 Å². The van der Waals surface area contributed by atoms with Crippen LogP contribution in [0.3, 0.4) is 0 Å². The average molecular weight is 268 g/mol. The summed E-state index contributed by atoms with van der Waals surface area (Å²) in [5.41, 5.74) is 0. The van der Waals surface area contributed by atoms with Gasteiger partial charge in [0.2, 0.25) is 5.91 Å². The molecule has 2 rings (SSSR count). The van der Waals surface area contributed by atoms with Gasteiger partial charge >= 0.3 is 5.97 Å². The van der Waals surface area contributed by atoms with E-state index in [-0.39, 0.29) is 12.3 Å². The van der Waals surface area contributed by atoms with Crippen molar-refractivity contribution in [1.29, 1.82) is 0 Å². The molecule has 0 aromatic heterocycles. The predicted octanol–water partition coefficient (Wildman–Crippen LogP) is 1.18. The fourth-order valence-corrected chi connectivity index (χ4v) is 3.38. The lowest BCUT2D eigenvalue weighted by atomic mass is 9.84. The lowest BCUT2D eigenvalue weighted by Gasteiger charge is -2.43. The van der Waals surface area contributed by atoms with Gasteiger partial charge in [0.25, 0.3) is 0 Å². The highest BCUT2D eigenvalue weighted by atomic mass is 16.4. The van der Waals surface area contributed by atoms with Crippen LogP contribution >= 0.6 is 0 Å². The molecular formula is C14H24N2O3. The molecule has 2 fully saturated rings. The van der Waals surface area contributed by atoms with Crippen molar-refractivity contribution < 1.29 is 14.7 Å². The summed E-state index contributed by atoms with van der Waals surface area (Å²) >= 11 is 0. The first-order chi connectivity index (χ1) is 9.08. The number of rotatable bonds is 3. The number of carboxylic acids is 1. The van der Waals surface area contributed by atoms with Crippen molar-refractivity contribution in [2.75, 3.05) is 26.2 Å². The maximum atomic E-state index is 11.7. The molecule has 0 bridgehead atoms. The molecule has 5 heteroatoms. The molecule has 0 radical (unpaired) electrons. The quantitative estimate of drug-likeness (QED) is 0.781. The van der Waals surface area contributed by atoms with Crippen molar-refractivity contribution in [2.24, 2.45) is 5.92 Å². The second-order valence-electron chi connectivity index (χ2n) is 5.82. The van der Waals surface area contributed by atoms with Gasteiger partial charge in [0, 0.05) is 32.2 Å². The fraction of sp³-hybridized carbons (Fsp3) is 0.857. The minimum absolute atomic E-state index is 0.246. The largest absolute Gasteiger partial charge is 0.481 e. The van der Waals surface area contributed by atoms with E-state index in [0.717, 1.165) is 19.0 Å². The second kappa shape index (κ2) is 6.37. The highest BCUT2D eigenvalue weighted by molar-refractivity contribution is 5.93. The Morgan fingerprint density at radius 3 is 2.32 bits per heavy atom. The van der Waals surface area contributed by atoms with E-state index in [4.69, 9.17) is 5.11 Å². The normalized spacial score (nSPS) is 29.2. The second-order valence-corrected chi connectivity index (χ2v) is 5.82. The standard InChI is InChI=1S/C14H24N2O3/c1-11-4-2-3-5-12(11)15-6-8-16(9-7-15)13(17)10-14(18)19/h11-12H,2-10H2,1H3,(H,18,19)/t11-,12+/m0/s1. The zero-order valence-electron chi connectivity index (χ0n) is 11.7. The van der Waals surface area contributed by atoms with Crippen LogP contribution in [0.25, 0.3) is 0 Å². The Balaban J connectivity index is 1.81. The van der Waals surface area contributed by atoms with Gasteiger partial charge in [0.15, 0.2) is 0 Å². The summed E-state index contributed by atoms with van der Waals surface area (Å²) in [6.07, 6.45) is 4.86. The Bertz CT molecular complexity index is 338. The first-order valence-corrected chi connectivity index (χ1v) is 7.31. The molecule has 1 saturated heterocycles. The van der Waals surface area contributed by atoms with E-state index in [0.29, 0.717) is 19.1 Å². The van der Waals surface area contributed by atoms with Gasteiger partial charge in [0.05, 0.1) is 0 Å². The molecule has 1 saturated carbocycles. The topological polar surface area (TPSA) is 60.9 Å². The third-order valence-corrected chi connectivity index (χ3v) is 4.50. The summed E-state index contributed by atoms with van der Waals surface area (Å²) in [5, 5.41) is 8.65. The minimum Gasteiger partial charge on any atom is -0.481 e. The number of hydrogen-bond acceptors (Lipinski definition) is 3. The van der Waals surface area contributed by atoms with Crippen LogP contribution in [0.4, 0.5) is 0 Å². The Morgan fingerprint density at radius 2 is 1.74 bits per heavy atom. The smallest absolute Gasteiger partial charge is 0.312 e. The van der Waals surface area contributed by atoms with E-state index >= 15 is 0 Å². The van der Waals surface area contributed by atoms with Crippen molar-refractivity contribution in [3.05, 3.63) is 0 Å². The van der Waals surface area contributed by atoms with Crippen LogP contribution in [-0.2, 0) is 9.59 Å². The number of aliphatic carboxylic acids is 1.